The topological polar surface area (TPSA) is 65.9 Å². The number of halogens is 1. The Bertz CT molecular complexity index is 755. The van der Waals surface area contributed by atoms with Crippen molar-refractivity contribution in [3.63, 3.8) is 0 Å². The first-order chi connectivity index (χ1) is 12.6. The van der Waals surface area contributed by atoms with Gasteiger partial charge in [-0.2, -0.15) is 0 Å². The van der Waals surface area contributed by atoms with Gasteiger partial charge in [-0.25, -0.2) is 0 Å². The third-order valence-electron chi connectivity index (χ3n) is 4.94. The fourth-order valence-electron chi connectivity index (χ4n) is 3.37. The third kappa shape index (κ3) is 5.80. The molecular formula is C21H30IN3O2. The van der Waals surface area contributed by atoms with E-state index in [1.807, 2.05) is 6.92 Å². The summed E-state index contributed by atoms with van der Waals surface area (Å²) in [5, 5.41) is 19.9. The molecule has 2 aromatic rings. The number of ether oxygens (including phenoxy) is 1. The molecule has 2 aromatic carbocycles. The van der Waals surface area contributed by atoms with Crippen molar-refractivity contribution in [1.29, 1.82) is 0 Å². The Kier molecular flexibility index (Phi) is 8.31. The van der Waals surface area contributed by atoms with Crippen LogP contribution in [0.3, 0.4) is 0 Å². The fraction of sp³-hybridized carbons (Fsp3) is 0.476. The molecule has 0 radical (unpaired) electrons. The Morgan fingerprint density at radius 1 is 1.19 bits per heavy atom. The molecule has 0 aliphatic carbocycles. The van der Waals surface area contributed by atoms with Gasteiger partial charge in [0.1, 0.15) is 0 Å². The summed E-state index contributed by atoms with van der Waals surface area (Å²) in [5.74, 6) is 0.729. The maximum atomic E-state index is 10.6. The van der Waals surface area contributed by atoms with E-state index in [1.165, 1.54) is 16.3 Å². The predicted molar refractivity (Wildman–Crippen MR) is 122 cm³/mol. The van der Waals surface area contributed by atoms with Gasteiger partial charge in [0.05, 0.1) is 18.2 Å². The molecule has 1 saturated heterocycles. The summed E-state index contributed by atoms with van der Waals surface area (Å²) in [7, 11) is 0. The number of hydrogen-bond acceptors (Lipinski definition) is 3. The maximum Gasteiger partial charge on any atom is 0.191 e. The second-order valence-corrected chi connectivity index (χ2v) is 6.97. The first-order valence-corrected chi connectivity index (χ1v) is 9.44. The number of benzene rings is 2. The molecule has 1 aliphatic heterocycles. The second kappa shape index (κ2) is 10.2. The second-order valence-electron chi connectivity index (χ2n) is 6.97. The van der Waals surface area contributed by atoms with Crippen LogP contribution in [0, 0.1) is 0 Å². The molecule has 1 aliphatic rings. The summed E-state index contributed by atoms with van der Waals surface area (Å²) in [6, 6.07) is 14.9. The van der Waals surface area contributed by atoms with E-state index in [-0.39, 0.29) is 30.0 Å². The summed E-state index contributed by atoms with van der Waals surface area (Å²) in [6.07, 6.45) is 1.27. The summed E-state index contributed by atoms with van der Waals surface area (Å²) in [6.45, 7) is 6.54. The van der Waals surface area contributed by atoms with Crippen molar-refractivity contribution in [3.8, 4) is 0 Å². The number of guanidine groups is 1. The number of hydrogen-bond donors (Lipinski definition) is 3. The predicted octanol–water partition coefficient (Wildman–Crippen LogP) is 3.62. The van der Waals surface area contributed by atoms with E-state index < -0.39 is 5.60 Å². The van der Waals surface area contributed by atoms with Crippen molar-refractivity contribution in [2.24, 2.45) is 4.99 Å². The van der Waals surface area contributed by atoms with Gasteiger partial charge in [0.25, 0.3) is 0 Å². The van der Waals surface area contributed by atoms with Crippen molar-refractivity contribution in [2.75, 3.05) is 26.3 Å². The minimum absolute atomic E-state index is 0. The lowest BCUT2D eigenvalue weighted by atomic mass is 9.95. The van der Waals surface area contributed by atoms with Crippen molar-refractivity contribution < 1.29 is 9.84 Å². The normalized spacial score (nSPS) is 17.8. The average Bonchev–Trinajstić information content (AvgIpc) is 2.66. The van der Waals surface area contributed by atoms with Gasteiger partial charge in [-0.3, -0.25) is 4.99 Å². The molecule has 1 heterocycles. The Morgan fingerprint density at radius 3 is 2.63 bits per heavy atom. The minimum Gasteiger partial charge on any atom is -0.388 e. The van der Waals surface area contributed by atoms with Crippen LogP contribution in [-0.4, -0.2) is 43.0 Å². The molecule has 1 atom stereocenters. The Labute approximate surface area is 178 Å². The number of fused-ring (bicyclic) bond motifs is 1. The number of rotatable bonds is 5. The van der Waals surface area contributed by atoms with Crippen molar-refractivity contribution >= 4 is 40.7 Å². The Balaban J connectivity index is 0.00000261. The summed E-state index contributed by atoms with van der Waals surface area (Å²) >= 11 is 0. The molecule has 0 spiro atoms. The van der Waals surface area contributed by atoms with Crippen LogP contribution in [0.5, 0.6) is 0 Å². The zero-order chi connectivity index (χ0) is 18.4. The molecule has 0 aromatic heterocycles. The molecule has 1 fully saturated rings. The Morgan fingerprint density at radius 2 is 1.89 bits per heavy atom. The fourth-order valence-corrected chi connectivity index (χ4v) is 3.37. The van der Waals surface area contributed by atoms with Crippen LogP contribution in [0.2, 0.25) is 0 Å². The number of aliphatic imine (C=N–C) groups is 1. The van der Waals surface area contributed by atoms with Gasteiger partial charge in [0, 0.05) is 32.6 Å². The number of nitrogens with zero attached hydrogens (tertiary/aromatic N) is 1. The van der Waals surface area contributed by atoms with Crippen LogP contribution < -0.4 is 10.6 Å². The van der Waals surface area contributed by atoms with E-state index in [0.717, 1.165) is 12.5 Å². The molecule has 3 rings (SSSR count). The van der Waals surface area contributed by atoms with Crippen LogP contribution in [-0.2, 0) is 4.74 Å². The minimum atomic E-state index is -0.761. The summed E-state index contributed by atoms with van der Waals surface area (Å²) in [4.78, 5) is 4.64. The molecule has 5 nitrogen and oxygen atoms in total. The van der Waals surface area contributed by atoms with Crippen molar-refractivity contribution in [2.45, 2.75) is 38.3 Å². The van der Waals surface area contributed by atoms with Gasteiger partial charge in [-0.15, -0.1) is 24.0 Å². The van der Waals surface area contributed by atoms with Crippen molar-refractivity contribution in [3.05, 3.63) is 48.0 Å². The molecular weight excluding hydrogens is 453 g/mol. The highest BCUT2D eigenvalue weighted by Crippen LogP contribution is 2.24. The quantitative estimate of drug-likeness (QED) is 0.346. The van der Waals surface area contributed by atoms with Gasteiger partial charge in [-0.05, 0) is 30.2 Å². The molecule has 6 heteroatoms. The third-order valence-corrected chi connectivity index (χ3v) is 4.94. The zero-order valence-electron chi connectivity index (χ0n) is 16.1. The Hall–Kier alpha value is -1.38. The first-order valence-electron chi connectivity index (χ1n) is 9.44. The van der Waals surface area contributed by atoms with Gasteiger partial charge < -0.3 is 20.5 Å². The molecule has 0 saturated carbocycles. The molecule has 0 bridgehead atoms. The largest absolute Gasteiger partial charge is 0.388 e. The van der Waals surface area contributed by atoms with E-state index in [9.17, 15) is 5.11 Å². The van der Waals surface area contributed by atoms with Crippen LogP contribution in [0.25, 0.3) is 10.8 Å². The molecule has 0 amide bonds. The van der Waals surface area contributed by atoms with Crippen molar-refractivity contribution in [1.82, 2.24) is 10.6 Å². The van der Waals surface area contributed by atoms with Crippen LogP contribution in [0.1, 0.15) is 38.3 Å². The lowest BCUT2D eigenvalue weighted by Crippen LogP contribution is -2.43. The standard InChI is InChI=1S/C21H29N3O2.HI/c1-3-22-20(23-15-21(25)11-13-26-14-12-21)24-16(2)18-10-6-8-17-7-4-5-9-19(17)18;/h4-10,16,25H,3,11-15H2,1-2H3,(H2,22,23,24);1H. The highest BCUT2D eigenvalue weighted by molar-refractivity contribution is 14.0. The SMILES string of the molecule is CCNC(=NCC1(O)CCOCC1)NC(C)c1cccc2ccccc12.I. The molecule has 27 heavy (non-hydrogen) atoms. The van der Waals surface area contributed by atoms with Crippen LogP contribution in [0.15, 0.2) is 47.5 Å². The zero-order valence-corrected chi connectivity index (χ0v) is 18.4. The van der Waals surface area contributed by atoms with Gasteiger partial charge in [0.2, 0.25) is 0 Å². The number of aliphatic hydroxyl groups is 1. The summed E-state index contributed by atoms with van der Waals surface area (Å²) < 4.78 is 5.34. The summed E-state index contributed by atoms with van der Waals surface area (Å²) in [5.41, 5.74) is 0.474. The van der Waals surface area contributed by atoms with Gasteiger partial charge >= 0.3 is 0 Å². The smallest absolute Gasteiger partial charge is 0.191 e. The van der Waals surface area contributed by atoms with E-state index in [4.69, 9.17) is 4.74 Å². The van der Waals surface area contributed by atoms with Crippen LogP contribution >= 0.6 is 24.0 Å². The monoisotopic (exact) mass is 483 g/mol. The van der Waals surface area contributed by atoms with E-state index >= 15 is 0 Å². The lowest BCUT2D eigenvalue weighted by molar-refractivity contribution is -0.0566. The molecule has 148 valence electrons. The molecule has 1 unspecified atom stereocenters. The van der Waals surface area contributed by atoms with Gasteiger partial charge in [-0.1, -0.05) is 42.5 Å². The molecule has 3 N–H and O–H groups in total. The maximum absolute atomic E-state index is 10.6. The lowest BCUT2D eigenvalue weighted by Gasteiger charge is -2.31. The van der Waals surface area contributed by atoms with E-state index in [1.54, 1.807) is 0 Å². The highest BCUT2D eigenvalue weighted by Gasteiger charge is 2.29. The number of nitrogens with one attached hydrogen (secondary N) is 2. The highest BCUT2D eigenvalue weighted by atomic mass is 127. The first kappa shape index (κ1) is 21.9. The van der Waals surface area contributed by atoms with E-state index in [2.05, 4.69) is 65.0 Å². The van der Waals surface area contributed by atoms with E-state index in [0.29, 0.717) is 32.6 Å². The average molecular weight is 483 g/mol. The van der Waals surface area contributed by atoms with Crippen LogP contribution in [0.4, 0.5) is 0 Å². The van der Waals surface area contributed by atoms with Gasteiger partial charge in [0.15, 0.2) is 5.96 Å².